The zero-order chi connectivity index (χ0) is 14.5. The van der Waals surface area contributed by atoms with Crippen molar-refractivity contribution in [2.24, 2.45) is 0 Å². The van der Waals surface area contributed by atoms with Gasteiger partial charge in [0.25, 0.3) is 0 Å². The molecule has 0 radical (unpaired) electrons. The number of Topliss-reactive ketones (excluding diaryl/α,β-unsaturated/α-hetero) is 1. The minimum absolute atomic E-state index is 0.108. The van der Waals surface area contributed by atoms with Gasteiger partial charge in [0.1, 0.15) is 0 Å². The summed E-state index contributed by atoms with van der Waals surface area (Å²) >= 11 is 0. The van der Waals surface area contributed by atoms with Crippen LogP contribution in [0.1, 0.15) is 34.6 Å². The highest BCUT2D eigenvalue weighted by Gasteiger charge is 2.07. The molecule has 2 aromatic rings. The van der Waals surface area contributed by atoms with Crippen molar-refractivity contribution < 1.29 is 4.79 Å². The van der Waals surface area contributed by atoms with Gasteiger partial charge in [-0.05, 0) is 26.3 Å². The molecule has 4 heteroatoms. The molecular formula is C16H18N2O2. The van der Waals surface area contributed by atoms with Gasteiger partial charge < -0.3 is 0 Å². The Labute approximate surface area is 118 Å². The number of benzene rings is 1. The number of hydrogen-bond acceptors (Lipinski definition) is 3. The lowest BCUT2D eigenvalue weighted by atomic mass is 10.1. The molecule has 0 N–H and O–H groups in total. The molecule has 0 aliphatic rings. The van der Waals surface area contributed by atoms with E-state index in [0.717, 1.165) is 17.0 Å². The van der Waals surface area contributed by atoms with E-state index in [2.05, 4.69) is 4.98 Å². The second-order valence-electron chi connectivity index (χ2n) is 4.87. The molecule has 0 atom stereocenters. The summed E-state index contributed by atoms with van der Waals surface area (Å²) in [6.45, 7) is 4.21. The molecule has 0 bridgehead atoms. The summed E-state index contributed by atoms with van der Waals surface area (Å²) in [7, 11) is 0. The van der Waals surface area contributed by atoms with Gasteiger partial charge in [-0.25, -0.2) is 4.79 Å². The monoisotopic (exact) mass is 270 g/mol. The highest BCUT2D eigenvalue weighted by atomic mass is 16.1. The molecule has 0 aliphatic heterocycles. The van der Waals surface area contributed by atoms with Crippen LogP contribution in [0, 0.1) is 13.8 Å². The Kier molecular flexibility index (Phi) is 4.45. The third-order valence-corrected chi connectivity index (χ3v) is 3.23. The molecule has 0 saturated carbocycles. The first kappa shape index (κ1) is 14.2. The average Bonchev–Trinajstić information content (AvgIpc) is 2.42. The van der Waals surface area contributed by atoms with Crippen molar-refractivity contribution >= 4 is 5.78 Å². The van der Waals surface area contributed by atoms with Gasteiger partial charge in [0.15, 0.2) is 5.78 Å². The highest BCUT2D eigenvalue weighted by Crippen LogP contribution is 2.06. The fraction of sp³-hybridized carbons (Fsp3) is 0.312. The quantitative estimate of drug-likeness (QED) is 0.784. The molecule has 104 valence electrons. The maximum atomic E-state index is 12.0. The Bertz CT molecular complexity index is 660. The highest BCUT2D eigenvalue weighted by molar-refractivity contribution is 5.95. The van der Waals surface area contributed by atoms with Gasteiger partial charge in [-0.3, -0.25) is 9.36 Å². The molecule has 1 aromatic carbocycles. The molecule has 0 aliphatic carbocycles. The summed E-state index contributed by atoms with van der Waals surface area (Å²) in [6.07, 6.45) is 1.07. The Morgan fingerprint density at radius 3 is 2.55 bits per heavy atom. The van der Waals surface area contributed by atoms with Crippen molar-refractivity contribution in [3.63, 3.8) is 0 Å². The van der Waals surface area contributed by atoms with Crippen LogP contribution in [-0.4, -0.2) is 15.3 Å². The van der Waals surface area contributed by atoms with Crippen molar-refractivity contribution in [1.29, 1.82) is 0 Å². The number of carbonyl (C=O) groups is 1. The number of rotatable bonds is 5. The van der Waals surface area contributed by atoms with Crippen molar-refractivity contribution in [3.8, 4) is 0 Å². The third kappa shape index (κ3) is 3.41. The summed E-state index contributed by atoms with van der Waals surface area (Å²) in [4.78, 5) is 27.6. The molecule has 1 aromatic heterocycles. The van der Waals surface area contributed by atoms with E-state index in [1.165, 1.54) is 0 Å². The molecule has 0 saturated heterocycles. The van der Waals surface area contributed by atoms with Gasteiger partial charge in [-0.2, -0.15) is 4.98 Å². The van der Waals surface area contributed by atoms with Crippen LogP contribution in [0.3, 0.4) is 0 Å². The number of hydrogen-bond donors (Lipinski definition) is 0. The van der Waals surface area contributed by atoms with Crippen LogP contribution < -0.4 is 5.69 Å². The van der Waals surface area contributed by atoms with Crippen LogP contribution in [0.15, 0.2) is 41.2 Å². The van der Waals surface area contributed by atoms with E-state index in [0.29, 0.717) is 19.4 Å². The number of aromatic nitrogens is 2. The Morgan fingerprint density at radius 1 is 1.20 bits per heavy atom. The van der Waals surface area contributed by atoms with Crippen LogP contribution in [-0.2, 0) is 6.54 Å². The molecule has 1 heterocycles. The van der Waals surface area contributed by atoms with Crippen molar-refractivity contribution in [2.45, 2.75) is 33.2 Å². The van der Waals surface area contributed by atoms with Crippen molar-refractivity contribution in [3.05, 3.63) is 63.8 Å². The molecule has 20 heavy (non-hydrogen) atoms. The molecule has 4 nitrogen and oxygen atoms in total. The van der Waals surface area contributed by atoms with Crippen LogP contribution >= 0.6 is 0 Å². The SMILES string of the molecule is Cc1cc(C)n(CCCC(=O)c2ccccc2)c(=O)n1. The molecular weight excluding hydrogens is 252 g/mol. The fourth-order valence-corrected chi connectivity index (χ4v) is 2.21. The van der Waals surface area contributed by atoms with Gasteiger partial charge in [0.05, 0.1) is 0 Å². The third-order valence-electron chi connectivity index (χ3n) is 3.23. The van der Waals surface area contributed by atoms with Crippen molar-refractivity contribution in [2.75, 3.05) is 0 Å². The molecule has 0 fully saturated rings. The smallest absolute Gasteiger partial charge is 0.297 e. The maximum absolute atomic E-state index is 12.0. The van der Waals surface area contributed by atoms with Crippen LogP contribution in [0.2, 0.25) is 0 Å². The minimum Gasteiger partial charge on any atom is -0.297 e. The molecule has 0 amide bonds. The lowest BCUT2D eigenvalue weighted by Gasteiger charge is -2.09. The van der Waals surface area contributed by atoms with Crippen LogP contribution in [0.5, 0.6) is 0 Å². The van der Waals surface area contributed by atoms with E-state index in [-0.39, 0.29) is 11.5 Å². The lowest BCUT2D eigenvalue weighted by molar-refractivity contribution is 0.0978. The average molecular weight is 270 g/mol. The van der Waals surface area contributed by atoms with Gasteiger partial charge in [0.2, 0.25) is 0 Å². The van der Waals surface area contributed by atoms with Crippen LogP contribution in [0.4, 0.5) is 0 Å². The summed E-state index contributed by atoms with van der Waals surface area (Å²) in [5.41, 5.74) is 2.09. The first-order valence-electron chi connectivity index (χ1n) is 6.71. The van der Waals surface area contributed by atoms with Crippen LogP contribution in [0.25, 0.3) is 0 Å². The van der Waals surface area contributed by atoms with E-state index < -0.39 is 0 Å². The summed E-state index contributed by atoms with van der Waals surface area (Å²) in [6, 6.07) is 11.1. The van der Waals surface area contributed by atoms with E-state index in [1.807, 2.05) is 43.3 Å². The number of nitrogens with zero attached hydrogens (tertiary/aromatic N) is 2. The summed E-state index contributed by atoms with van der Waals surface area (Å²) in [5.74, 6) is 0.108. The number of ketones is 1. The maximum Gasteiger partial charge on any atom is 0.347 e. The Hall–Kier alpha value is -2.23. The molecule has 0 spiro atoms. The van der Waals surface area contributed by atoms with Gasteiger partial charge >= 0.3 is 5.69 Å². The largest absolute Gasteiger partial charge is 0.347 e. The van der Waals surface area contributed by atoms with E-state index >= 15 is 0 Å². The fourth-order valence-electron chi connectivity index (χ4n) is 2.21. The van der Waals surface area contributed by atoms with Crippen molar-refractivity contribution in [1.82, 2.24) is 9.55 Å². The van der Waals surface area contributed by atoms with Gasteiger partial charge in [-0.1, -0.05) is 30.3 Å². The second-order valence-corrected chi connectivity index (χ2v) is 4.87. The Balaban J connectivity index is 1.97. The second kappa shape index (κ2) is 6.28. The predicted octanol–water partition coefficient (Wildman–Crippen LogP) is 2.52. The first-order valence-corrected chi connectivity index (χ1v) is 6.71. The zero-order valence-corrected chi connectivity index (χ0v) is 11.8. The number of aryl methyl sites for hydroxylation is 2. The lowest BCUT2D eigenvalue weighted by Crippen LogP contribution is -2.25. The Morgan fingerprint density at radius 2 is 1.90 bits per heavy atom. The first-order chi connectivity index (χ1) is 9.58. The summed E-state index contributed by atoms with van der Waals surface area (Å²) < 4.78 is 1.62. The molecule has 2 rings (SSSR count). The molecule has 0 unspecified atom stereocenters. The topological polar surface area (TPSA) is 52.0 Å². The van der Waals surface area contributed by atoms with E-state index in [1.54, 1.807) is 11.5 Å². The standard InChI is InChI=1S/C16H18N2O2/c1-12-11-13(2)18(16(20)17-12)10-6-9-15(19)14-7-4-3-5-8-14/h3-5,7-8,11H,6,9-10H2,1-2H3. The zero-order valence-electron chi connectivity index (χ0n) is 11.8. The van der Waals surface area contributed by atoms with E-state index in [9.17, 15) is 9.59 Å². The van der Waals surface area contributed by atoms with Gasteiger partial charge in [-0.15, -0.1) is 0 Å². The van der Waals surface area contributed by atoms with E-state index in [4.69, 9.17) is 0 Å². The normalized spacial score (nSPS) is 10.5. The predicted molar refractivity (Wildman–Crippen MR) is 78.0 cm³/mol. The number of carbonyl (C=O) groups excluding carboxylic acids is 1. The van der Waals surface area contributed by atoms with Gasteiger partial charge in [0, 0.05) is 29.9 Å². The summed E-state index contributed by atoms with van der Waals surface area (Å²) in [5, 5.41) is 0. The minimum atomic E-state index is -0.241.